The minimum absolute atomic E-state index is 0.0987. The molecule has 0 saturated carbocycles. The lowest BCUT2D eigenvalue weighted by Crippen LogP contribution is -2.40. The third-order valence-corrected chi connectivity index (χ3v) is 10.1. The van der Waals surface area contributed by atoms with Crippen LogP contribution >= 0.6 is 12.0 Å². The van der Waals surface area contributed by atoms with Gasteiger partial charge in [-0.25, -0.2) is 14.0 Å². The molecule has 0 bridgehead atoms. The van der Waals surface area contributed by atoms with E-state index in [0.29, 0.717) is 19.4 Å². The molecule has 0 aromatic heterocycles. The van der Waals surface area contributed by atoms with Crippen LogP contribution in [0.3, 0.4) is 0 Å². The van der Waals surface area contributed by atoms with E-state index >= 15 is 0 Å². The van der Waals surface area contributed by atoms with Gasteiger partial charge < -0.3 is 9.16 Å². The maximum atomic E-state index is 13.9. The average molecular weight is 461 g/mol. The first kappa shape index (κ1) is 26.2. The molecule has 0 aliphatic rings. The standard InChI is InChI=1S/C18H28F4O5SSi/c1-18(2,3)29(4,5)25-11-9-7-6-8-10-24-16-12(19)14(21)17(28-27-26-23)15(22)13(16)20/h23H,6-11H2,1-5H3. The van der Waals surface area contributed by atoms with Gasteiger partial charge >= 0.3 is 0 Å². The quantitative estimate of drug-likeness (QED) is 0.0718. The molecule has 11 heteroatoms. The van der Waals surface area contributed by atoms with Crippen LogP contribution in [0.25, 0.3) is 0 Å². The van der Waals surface area contributed by atoms with Crippen molar-refractivity contribution in [3.05, 3.63) is 23.3 Å². The van der Waals surface area contributed by atoms with Crippen LogP contribution in [0.15, 0.2) is 4.90 Å². The van der Waals surface area contributed by atoms with Crippen LogP contribution in [0.2, 0.25) is 18.1 Å². The Hall–Kier alpha value is -0.853. The molecule has 0 unspecified atom stereocenters. The number of hydrogen-bond acceptors (Lipinski definition) is 6. The van der Waals surface area contributed by atoms with E-state index in [1.54, 1.807) is 0 Å². The summed E-state index contributed by atoms with van der Waals surface area (Å²) in [6.07, 6.45) is 2.85. The zero-order chi connectivity index (χ0) is 22.2. The van der Waals surface area contributed by atoms with E-state index in [2.05, 4.69) is 43.2 Å². The minimum Gasteiger partial charge on any atom is -0.487 e. The molecular formula is C18H28F4O5SSi. The Balaban J connectivity index is 2.44. The molecule has 1 aromatic rings. The molecule has 0 saturated heterocycles. The summed E-state index contributed by atoms with van der Waals surface area (Å²) in [7, 11) is -1.77. The van der Waals surface area contributed by atoms with Crippen molar-refractivity contribution < 1.29 is 41.4 Å². The fourth-order valence-corrected chi connectivity index (χ4v) is 3.63. The number of unbranched alkanes of at least 4 members (excludes halogenated alkanes) is 3. The molecule has 0 spiro atoms. The highest BCUT2D eigenvalue weighted by Crippen LogP contribution is 2.37. The van der Waals surface area contributed by atoms with E-state index in [1.807, 2.05) is 0 Å². The van der Waals surface area contributed by atoms with E-state index in [9.17, 15) is 17.6 Å². The number of halogens is 4. The lowest BCUT2D eigenvalue weighted by Gasteiger charge is -2.36. The summed E-state index contributed by atoms with van der Waals surface area (Å²) in [5, 5.41) is 11.3. The highest BCUT2D eigenvalue weighted by atomic mass is 32.2. The molecule has 0 atom stereocenters. The zero-order valence-corrected chi connectivity index (χ0v) is 19.1. The van der Waals surface area contributed by atoms with Crippen LogP contribution in [0, 0.1) is 23.3 Å². The van der Waals surface area contributed by atoms with E-state index in [4.69, 9.17) is 14.4 Å². The number of rotatable bonds is 12. The van der Waals surface area contributed by atoms with Crippen LogP contribution < -0.4 is 4.74 Å². The third-order valence-electron chi connectivity index (χ3n) is 4.88. The third kappa shape index (κ3) is 7.41. The summed E-state index contributed by atoms with van der Waals surface area (Å²) < 4.78 is 70.3. The molecule has 29 heavy (non-hydrogen) atoms. The first-order valence-electron chi connectivity index (χ1n) is 9.21. The second kappa shape index (κ2) is 11.5. The van der Waals surface area contributed by atoms with Crippen LogP contribution in [-0.4, -0.2) is 26.8 Å². The second-order valence-corrected chi connectivity index (χ2v) is 13.5. The summed E-state index contributed by atoms with van der Waals surface area (Å²) in [6, 6.07) is 0. The van der Waals surface area contributed by atoms with Crippen molar-refractivity contribution in [2.75, 3.05) is 13.2 Å². The predicted octanol–water partition coefficient (Wildman–Crippen LogP) is 6.63. The smallest absolute Gasteiger partial charge is 0.205 e. The van der Waals surface area contributed by atoms with Gasteiger partial charge in [0.1, 0.15) is 4.90 Å². The van der Waals surface area contributed by atoms with Gasteiger partial charge in [-0.05, 0) is 37.4 Å². The van der Waals surface area contributed by atoms with Gasteiger partial charge in [-0.2, -0.15) is 8.78 Å². The van der Waals surface area contributed by atoms with Gasteiger partial charge in [0.2, 0.25) is 11.6 Å². The molecule has 5 nitrogen and oxygen atoms in total. The topological polar surface area (TPSA) is 57.2 Å². The average Bonchev–Trinajstić information content (AvgIpc) is 2.63. The summed E-state index contributed by atoms with van der Waals surface area (Å²) in [5.74, 6) is -7.91. The molecule has 168 valence electrons. The Morgan fingerprint density at radius 1 is 0.862 bits per heavy atom. The Labute approximate surface area is 173 Å². The van der Waals surface area contributed by atoms with Crippen LogP contribution in [0.5, 0.6) is 5.75 Å². The highest BCUT2D eigenvalue weighted by Gasteiger charge is 2.36. The van der Waals surface area contributed by atoms with Crippen molar-refractivity contribution in [1.82, 2.24) is 0 Å². The lowest BCUT2D eigenvalue weighted by molar-refractivity contribution is -0.432. The van der Waals surface area contributed by atoms with Crippen molar-refractivity contribution in [2.45, 2.75) is 69.5 Å². The van der Waals surface area contributed by atoms with E-state index in [0.717, 1.165) is 12.8 Å². The zero-order valence-electron chi connectivity index (χ0n) is 17.2. The van der Waals surface area contributed by atoms with Gasteiger partial charge in [-0.3, -0.25) is 0 Å². The van der Waals surface area contributed by atoms with Gasteiger partial charge in [-0.1, -0.05) is 32.2 Å². The monoisotopic (exact) mass is 460 g/mol. The number of hydrogen-bond donors (Lipinski definition) is 1. The van der Waals surface area contributed by atoms with Crippen molar-refractivity contribution in [3.8, 4) is 5.75 Å². The fourth-order valence-electron chi connectivity index (χ4n) is 2.12. The van der Waals surface area contributed by atoms with Gasteiger partial charge in [0.25, 0.3) is 0 Å². The van der Waals surface area contributed by atoms with E-state index in [-0.39, 0.29) is 23.7 Å². The van der Waals surface area contributed by atoms with Crippen molar-refractivity contribution in [3.63, 3.8) is 0 Å². The van der Waals surface area contributed by atoms with Gasteiger partial charge in [0.15, 0.2) is 25.7 Å². The SMILES string of the molecule is CC(C)(C)[Si](C)(C)OCCCCCCOc1c(F)c(F)c(SOOO)c(F)c1F. The van der Waals surface area contributed by atoms with Gasteiger partial charge in [0, 0.05) is 6.61 Å². The molecular weight excluding hydrogens is 432 g/mol. The highest BCUT2D eigenvalue weighted by molar-refractivity contribution is 7.94. The van der Waals surface area contributed by atoms with Crippen LogP contribution in [0.1, 0.15) is 46.5 Å². The minimum atomic E-state index is -1.77. The molecule has 0 aliphatic heterocycles. The Morgan fingerprint density at radius 2 is 1.38 bits per heavy atom. The Morgan fingerprint density at radius 3 is 1.86 bits per heavy atom. The normalized spacial score (nSPS) is 12.5. The summed E-state index contributed by atoms with van der Waals surface area (Å²) >= 11 is -0.214. The second-order valence-electron chi connectivity index (χ2n) is 8.01. The van der Waals surface area contributed by atoms with E-state index in [1.165, 1.54) is 0 Å². The van der Waals surface area contributed by atoms with Crippen molar-refractivity contribution in [1.29, 1.82) is 0 Å². The largest absolute Gasteiger partial charge is 0.487 e. The summed E-state index contributed by atoms with van der Waals surface area (Å²) in [4.78, 5) is -1.14. The summed E-state index contributed by atoms with van der Waals surface area (Å²) in [5.41, 5.74) is 0. The molecule has 0 radical (unpaired) electrons. The first-order valence-corrected chi connectivity index (χ1v) is 12.9. The molecule has 0 aliphatic carbocycles. The number of benzene rings is 1. The van der Waals surface area contributed by atoms with Gasteiger partial charge in [0.05, 0.1) is 18.6 Å². The Kier molecular flexibility index (Phi) is 10.4. The van der Waals surface area contributed by atoms with E-state index < -0.39 is 42.2 Å². The molecule has 1 aromatic carbocycles. The lowest BCUT2D eigenvalue weighted by atomic mass is 10.2. The molecule has 1 N–H and O–H groups in total. The molecule has 0 fully saturated rings. The molecule has 1 rings (SSSR count). The molecule has 0 heterocycles. The van der Waals surface area contributed by atoms with Crippen LogP contribution in [0.4, 0.5) is 17.6 Å². The fraction of sp³-hybridized carbons (Fsp3) is 0.667. The van der Waals surface area contributed by atoms with Crippen molar-refractivity contribution in [2.24, 2.45) is 0 Å². The maximum absolute atomic E-state index is 13.9. The maximum Gasteiger partial charge on any atom is 0.205 e. The predicted molar refractivity (Wildman–Crippen MR) is 104 cm³/mol. The molecule has 0 amide bonds. The van der Waals surface area contributed by atoms with Gasteiger partial charge in [-0.15, -0.1) is 4.33 Å². The summed E-state index contributed by atoms with van der Waals surface area (Å²) in [6.45, 7) is 11.4. The van der Waals surface area contributed by atoms with Crippen molar-refractivity contribution >= 4 is 20.4 Å². The first-order chi connectivity index (χ1) is 13.4. The van der Waals surface area contributed by atoms with Crippen LogP contribution in [-0.2, 0) is 13.8 Å². The Bertz CT molecular complexity index is 642. The number of ether oxygens (including phenoxy) is 1.